The van der Waals surface area contributed by atoms with Crippen molar-refractivity contribution in [3.05, 3.63) is 30.5 Å². The number of pyridine rings is 1. The summed E-state index contributed by atoms with van der Waals surface area (Å²) in [5, 5.41) is 4.95. The molecule has 2 aromatic rings. The number of anilines is 2. The number of nitrogens with one attached hydrogen (secondary N) is 1. The van der Waals surface area contributed by atoms with E-state index in [0.717, 1.165) is 17.1 Å². The summed E-state index contributed by atoms with van der Waals surface area (Å²) in [6.07, 6.45) is 9.95. The Hall–Kier alpha value is -1.77. The zero-order chi connectivity index (χ0) is 14.7. The molecule has 1 saturated carbocycles. The summed E-state index contributed by atoms with van der Waals surface area (Å²) in [5.74, 6) is 0.806. The molecule has 0 spiro atoms. The Kier molecular flexibility index (Phi) is 4.28. The van der Waals surface area contributed by atoms with Crippen molar-refractivity contribution in [1.82, 2.24) is 4.98 Å². The van der Waals surface area contributed by atoms with Gasteiger partial charge in [0.15, 0.2) is 0 Å². The van der Waals surface area contributed by atoms with E-state index in [1.54, 1.807) is 0 Å². The highest BCUT2D eigenvalue weighted by molar-refractivity contribution is 5.92. The summed E-state index contributed by atoms with van der Waals surface area (Å²) in [5.41, 5.74) is 8.79. The van der Waals surface area contributed by atoms with Gasteiger partial charge in [-0.25, -0.2) is 0 Å². The fraction of sp³-hybridized carbons (Fsp3) is 0.500. The first-order valence-corrected chi connectivity index (χ1v) is 8.18. The van der Waals surface area contributed by atoms with Gasteiger partial charge in [-0.15, -0.1) is 0 Å². The van der Waals surface area contributed by atoms with E-state index in [4.69, 9.17) is 5.73 Å². The van der Waals surface area contributed by atoms with Crippen LogP contribution in [0.5, 0.6) is 0 Å². The van der Waals surface area contributed by atoms with Crippen molar-refractivity contribution >= 4 is 22.3 Å². The van der Waals surface area contributed by atoms with Crippen LogP contribution in [-0.2, 0) is 0 Å². The van der Waals surface area contributed by atoms with E-state index >= 15 is 0 Å². The first kappa shape index (κ1) is 14.2. The number of hydrogen-bond acceptors (Lipinski definition) is 3. The highest BCUT2D eigenvalue weighted by Gasteiger charge is 2.22. The third kappa shape index (κ3) is 3.12. The molecule has 1 aromatic heterocycles. The van der Waals surface area contributed by atoms with Gasteiger partial charge in [0.05, 0.1) is 5.52 Å². The fourth-order valence-corrected chi connectivity index (χ4v) is 3.58. The van der Waals surface area contributed by atoms with E-state index in [0.29, 0.717) is 6.04 Å². The van der Waals surface area contributed by atoms with Gasteiger partial charge in [-0.1, -0.05) is 26.2 Å². The molecule has 1 heterocycles. The monoisotopic (exact) mass is 283 g/mol. The molecule has 21 heavy (non-hydrogen) atoms. The second kappa shape index (κ2) is 6.33. The maximum absolute atomic E-state index is 5.86. The molecule has 1 aromatic carbocycles. The van der Waals surface area contributed by atoms with Gasteiger partial charge in [-0.05, 0) is 49.4 Å². The highest BCUT2D eigenvalue weighted by atomic mass is 14.9. The van der Waals surface area contributed by atoms with Crippen LogP contribution in [0.15, 0.2) is 30.5 Å². The number of rotatable bonds is 4. The summed E-state index contributed by atoms with van der Waals surface area (Å²) in [6, 6.07) is 8.63. The molecule has 1 aliphatic carbocycles. The topological polar surface area (TPSA) is 50.9 Å². The number of aromatic nitrogens is 1. The van der Waals surface area contributed by atoms with Crippen LogP contribution in [-0.4, -0.2) is 11.0 Å². The SMILES string of the molecule is CCC(Nc1ccnc2cc(N)ccc12)C1CCCCC1. The number of nitrogens with two attached hydrogens (primary N) is 1. The molecule has 3 N–H and O–H groups in total. The lowest BCUT2D eigenvalue weighted by molar-refractivity contribution is 0.313. The van der Waals surface area contributed by atoms with Crippen molar-refractivity contribution in [3.8, 4) is 0 Å². The molecule has 1 fully saturated rings. The quantitative estimate of drug-likeness (QED) is 0.807. The van der Waals surface area contributed by atoms with Crippen LogP contribution in [0, 0.1) is 5.92 Å². The van der Waals surface area contributed by atoms with Crippen LogP contribution in [0.25, 0.3) is 10.9 Å². The summed E-state index contributed by atoms with van der Waals surface area (Å²) >= 11 is 0. The van der Waals surface area contributed by atoms with Crippen molar-refractivity contribution in [1.29, 1.82) is 0 Å². The summed E-state index contributed by atoms with van der Waals surface area (Å²) in [6.45, 7) is 2.29. The minimum Gasteiger partial charge on any atom is -0.399 e. The van der Waals surface area contributed by atoms with E-state index in [1.807, 2.05) is 18.3 Å². The number of nitrogen functional groups attached to an aromatic ring is 1. The molecule has 1 unspecified atom stereocenters. The van der Waals surface area contributed by atoms with E-state index in [2.05, 4.69) is 29.4 Å². The zero-order valence-electron chi connectivity index (χ0n) is 12.8. The lowest BCUT2D eigenvalue weighted by atomic mass is 9.83. The predicted octanol–water partition coefficient (Wildman–Crippen LogP) is 4.59. The molecule has 0 amide bonds. The predicted molar refractivity (Wildman–Crippen MR) is 90.4 cm³/mol. The minimum absolute atomic E-state index is 0.563. The lowest BCUT2D eigenvalue weighted by Gasteiger charge is -2.31. The molecule has 0 bridgehead atoms. The lowest BCUT2D eigenvalue weighted by Crippen LogP contribution is -2.30. The van der Waals surface area contributed by atoms with E-state index in [1.165, 1.54) is 49.6 Å². The van der Waals surface area contributed by atoms with Crippen LogP contribution in [0.2, 0.25) is 0 Å². The van der Waals surface area contributed by atoms with Crippen LogP contribution < -0.4 is 11.1 Å². The molecular weight excluding hydrogens is 258 g/mol. The highest BCUT2D eigenvalue weighted by Crippen LogP contribution is 2.31. The number of nitrogens with zero attached hydrogens (tertiary/aromatic N) is 1. The van der Waals surface area contributed by atoms with Gasteiger partial charge in [-0.3, -0.25) is 4.98 Å². The fourth-order valence-electron chi connectivity index (χ4n) is 3.58. The number of hydrogen-bond donors (Lipinski definition) is 2. The third-order valence-corrected chi connectivity index (χ3v) is 4.77. The smallest absolute Gasteiger partial charge is 0.0743 e. The van der Waals surface area contributed by atoms with Crippen molar-refractivity contribution in [3.63, 3.8) is 0 Å². The van der Waals surface area contributed by atoms with Gasteiger partial charge in [0, 0.05) is 29.0 Å². The average Bonchev–Trinajstić information content (AvgIpc) is 2.53. The normalized spacial score (nSPS) is 17.8. The molecule has 112 valence electrons. The van der Waals surface area contributed by atoms with Gasteiger partial charge in [0.25, 0.3) is 0 Å². The standard InChI is InChI=1S/C18H25N3/c1-2-16(13-6-4-3-5-7-13)21-17-10-11-20-18-12-14(19)8-9-15(17)18/h8-13,16H,2-7,19H2,1H3,(H,20,21). The van der Waals surface area contributed by atoms with Crippen molar-refractivity contribution < 1.29 is 0 Å². The van der Waals surface area contributed by atoms with Crippen molar-refractivity contribution in [2.24, 2.45) is 5.92 Å². The Morgan fingerprint density at radius 2 is 2.05 bits per heavy atom. The molecule has 0 radical (unpaired) electrons. The Morgan fingerprint density at radius 1 is 1.24 bits per heavy atom. The Bertz CT molecular complexity index is 602. The Morgan fingerprint density at radius 3 is 2.81 bits per heavy atom. The van der Waals surface area contributed by atoms with E-state index in [9.17, 15) is 0 Å². The zero-order valence-corrected chi connectivity index (χ0v) is 12.8. The molecular formula is C18H25N3. The molecule has 1 aliphatic rings. The maximum atomic E-state index is 5.86. The molecule has 3 nitrogen and oxygen atoms in total. The summed E-state index contributed by atoms with van der Waals surface area (Å²) in [7, 11) is 0. The van der Waals surface area contributed by atoms with Gasteiger partial charge in [-0.2, -0.15) is 0 Å². The average molecular weight is 283 g/mol. The minimum atomic E-state index is 0.563. The van der Waals surface area contributed by atoms with Crippen LogP contribution in [0.3, 0.4) is 0 Å². The second-order valence-electron chi connectivity index (χ2n) is 6.19. The Balaban J connectivity index is 1.85. The Labute approximate surface area is 127 Å². The van der Waals surface area contributed by atoms with Crippen molar-refractivity contribution in [2.75, 3.05) is 11.1 Å². The first-order valence-electron chi connectivity index (χ1n) is 8.18. The first-order chi connectivity index (χ1) is 10.3. The number of benzene rings is 1. The summed E-state index contributed by atoms with van der Waals surface area (Å²) in [4.78, 5) is 4.43. The molecule has 3 rings (SSSR count). The number of fused-ring (bicyclic) bond motifs is 1. The largest absolute Gasteiger partial charge is 0.399 e. The van der Waals surface area contributed by atoms with Gasteiger partial charge in [0.1, 0.15) is 0 Å². The molecule has 0 aliphatic heterocycles. The van der Waals surface area contributed by atoms with Crippen LogP contribution in [0.4, 0.5) is 11.4 Å². The molecule has 0 saturated heterocycles. The maximum Gasteiger partial charge on any atom is 0.0743 e. The van der Waals surface area contributed by atoms with Gasteiger partial charge in [0.2, 0.25) is 0 Å². The van der Waals surface area contributed by atoms with Gasteiger partial charge < -0.3 is 11.1 Å². The van der Waals surface area contributed by atoms with Crippen LogP contribution >= 0.6 is 0 Å². The second-order valence-corrected chi connectivity index (χ2v) is 6.19. The third-order valence-electron chi connectivity index (χ3n) is 4.77. The van der Waals surface area contributed by atoms with Crippen LogP contribution in [0.1, 0.15) is 45.4 Å². The van der Waals surface area contributed by atoms with Crippen molar-refractivity contribution in [2.45, 2.75) is 51.5 Å². The molecule has 3 heteroatoms. The molecule has 1 atom stereocenters. The van der Waals surface area contributed by atoms with E-state index in [-0.39, 0.29) is 0 Å². The van der Waals surface area contributed by atoms with E-state index < -0.39 is 0 Å². The summed E-state index contributed by atoms with van der Waals surface area (Å²) < 4.78 is 0. The van der Waals surface area contributed by atoms with Gasteiger partial charge >= 0.3 is 0 Å².